The molecule has 0 radical (unpaired) electrons. The average molecular weight is 242 g/mol. The minimum absolute atomic E-state index is 0.0249. The maximum Gasteiger partial charge on any atom is 0.322 e. The van der Waals surface area contributed by atoms with Crippen LogP contribution in [0.1, 0.15) is 40.0 Å². The van der Waals surface area contributed by atoms with E-state index >= 15 is 0 Å². The molecule has 17 heavy (non-hydrogen) atoms. The molecule has 1 aliphatic heterocycles. The van der Waals surface area contributed by atoms with E-state index in [1.165, 1.54) is 0 Å². The molecule has 0 N–H and O–H groups in total. The molecule has 98 valence electrons. The summed E-state index contributed by atoms with van der Waals surface area (Å²) in [5, 5.41) is 0. The largest absolute Gasteiger partial charge is 0.465 e. The van der Waals surface area contributed by atoms with Gasteiger partial charge in [-0.3, -0.25) is 9.59 Å². The van der Waals surface area contributed by atoms with E-state index in [9.17, 15) is 9.59 Å². The number of ketones is 1. The van der Waals surface area contributed by atoms with Crippen molar-refractivity contribution in [1.29, 1.82) is 0 Å². The molecule has 0 aliphatic carbocycles. The van der Waals surface area contributed by atoms with E-state index in [2.05, 4.69) is 0 Å². The van der Waals surface area contributed by atoms with E-state index in [1.807, 2.05) is 13.8 Å². The third-order valence-corrected chi connectivity index (χ3v) is 3.50. The molecule has 0 amide bonds. The Kier molecular flexibility index (Phi) is 5.12. The van der Waals surface area contributed by atoms with Crippen molar-refractivity contribution < 1.29 is 19.1 Å². The number of ether oxygens (including phenoxy) is 2. The third-order valence-electron chi connectivity index (χ3n) is 3.50. The van der Waals surface area contributed by atoms with Gasteiger partial charge < -0.3 is 9.47 Å². The minimum Gasteiger partial charge on any atom is -0.465 e. The molecule has 0 aromatic carbocycles. The van der Waals surface area contributed by atoms with Gasteiger partial charge in [0.05, 0.1) is 19.8 Å². The molecule has 0 aromatic heterocycles. The molecule has 0 aromatic rings. The van der Waals surface area contributed by atoms with Crippen LogP contribution in [0.3, 0.4) is 0 Å². The van der Waals surface area contributed by atoms with Crippen molar-refractivity contribution in [2.24, 2.45) is 11.3 Å². The van der Waals surface area contributed by atoms with Crippen molar-refractivity contribution in [2.75, 3.05) is 19.8 Å². The first kappa shape index (κ1) is 14.2. The van der Waals surface area contributed by atoms with Gasteiger partial charge in [0.2, 0.25) is 0 Å². The lowest BCUT2D eigenvalue weighted by molar-refractivity contribution is -0.174. The first-order valence-corrected chi connectivity index (χ1v) is 6.37. The molecular formula is C13H22O4. The molecule has 2 unspecified atom stereocenters. The second-order valence-corrected chi connectivity index (χ2v) is 4.61. The highest BCUT2D eigenvalue weighted by atomic mass is 16.5. The molecule has 1 saturated heterocycles. The normalized spacial score (nSPS) is 26.6. The van der Waals surface area contributed by atoms with Crippen molar-refractivity contribution in [3.05, 3.63) is 0 Å². The summed E-state index contributed by atoms with van der Waals surface area (Å²) in [4.78, 5) is 24.3. The van der Waals surface area contributed by atoms with E-state index in [0.717, 1.165) is 12.8 Å². The van der Waals surface area contributed by atoms with Gasteiger partial charge in [-0.15, -0.1) is 0 Å². The first-order chi connectivity index (χ1) is 8.09. The zero-order chi connectivity index (χ0) is 12.9. The Morgan fingerprint density at radius 1 is 1.53 bits per heavy atom. The highest BCUT2D eigenvalue weighted by Gasteiger charge is 2.52. The van der Waals surface area contributed by atoms with Crippen LogP contribution in [-0.2, 0) is 19.1 Å². The summed E-state index contributed by atoms with van der Waals surface area (Å²) in [6, 6.07) is 0. The average Bonchev–Trinajstić information content (AvgIpc) is 2.30. The Labute approximate surface area is 103 Å². The molecule has 0 bridgehead atoms. The number of carbonyl (C=O) groups excluding carboxylic acids is 2. The van der Waals surface area contributed by atoms with Crippen LogP contribution in [0, 0.1) is 11.3 Å². The Morgan fingerprint density at radius 3 is 2.76 bits per heavy atom. The standard InChI is InChI=1S/C13H22O4/c1-4-6-10(3)13(12(15)17-5-2)9-16-8-7-11(13)14/h10H,4-9H2,1-3H3. The molecule has 4 heteroatoms. The lowest BCUT2D eigenvalue weighted by Gasteiger charge is -2.37. The van der Waals surface area contributed by atoms with Crippen LogP contribution in [0.2, 0.25) is 0 Å². The Bertz CT molecular complexity index is 287. The zero-order valence-corrected chi connectivity index (χ0v) is 11.0. The topological polar surface area (TPSA) is 52.6 Å². The summed E-state index contributed by atoms with van der Waals surface area (Å²) in [5.74, 6) is -0.465. The summed E-state index contributed by atoms with van der Waals surface area (Å²) in [6.07, 6.45) is 2.08. The van der Waals surface area contributed by atoms with Crippen molar-refractivity contribution >= 4 is 11.8 Å². The molecule has 1 rings (SSSR count). The van der Waals surface area contributed by atoms with Crippen LogP contribution in [0.15, 0.2) is 0 Å². The van der Waals surface area contributed by atoms with Gasteiger partial charge >= 0.3 is 5.97 Å². The monoisotopic (exact) mass is 242 g/mol. The summed E-state index contributed by atoms with van der Waals surface area (Å²) < 4.78 is 10.5. The van der Waals surface area contributed by atoms with Gasteiger partial charge in [-0.25, -0.2) is 0 Å². The quantitative estimate of drug-likeness (QED) is 0.546. The summed E-state index contributed by atoms with van der Waals surface area (Å²) in [6.45, 7) is 6.62. The maximum atomic E-state index is 12.2. The molecule has 2 atom stereocenters. The predicted molar refractivity (Wildman–Crippen MR) is 63.6 cm³/mol. The van der Waals surface area contributed by atoms with Crippen LogP contribution >= 0.6 is 0 Å². The first-order valence-electron chi connectivity index (χ1n) is 6.37. The fourth-order valence-electron chi connectivity index (χ4n) is 2.43. The number of carbonyl (C=O) groups is 2. The van der Waals surface area contributed by atoms with Crippen LogP contribution in [-0.4, -0.2) is 31.6 Å². The molecular weight excluding hydrogens is 220 g/mol. The highest BCUT2D eigenvalue weighted by Crippen LogP contribution is 2.37. The number of hydrogen-bond acceptors (Lipinski definition) is 4. The van der Waals surface area contributed by atoms with E-state index in [4.69, 9.17) is 9.47 Å². The number of hydrogen-bond donors (Lipinski definition) is 0. The number of esters is 1. The fraction of sp³-hybridized carbons (Fsp3) is 0.846. The second-order valence-electron chi connectivity index (χ2n) is 4.61. The van der Waals surface area contributed by atoms with E-state index in [0.29, 0.717) is 19.6 Å². The molecule has 4 nitrogen and oxygen atoms in total. The fourth-order valence-corrected chi connectivity index (χ4v) is 2.43. The van der Waals surface area contributed by atoms with Gasteiger partial charge in [0, 0.05) is 6.42 Å². The Balaban J connectivity index is 2.97. The Morgan fingerprint density at radius 2 is 2.24 bits per heavy atom. The van der Waals surface area contributed by atoms with Gasteiger partial charge in [0.1, 0.15) is 0 Å². The smallest absolute Gasteiger partial charge is 0.322 e. The van der Waals surface area contributed by atoms with Crippen molar-refractivity contribution in [3.63, 3.8) is 0 Å². The lowest BCUT2D eigenvalue weighted by atomic mass is 9.70. The highest BCUT2D eigenvalue weighted by molar-refractivity contribution is 6.04. The van der Waals surface area contributed by atoms with E-state index in [1.54, 1.807) is 6.92 Å². The van der Waals surface area contributed by atoms with Crippen LogP contribution in [0.4, 0.5) is 0 Å². The van der Waals surface area contributed by atoms with E-state index in [-0.39, 0.29) is 18.3 Å². The van der Waals surface area contributed by atoms with Crippen LogP contribution < -0.4 is 0 Å². The predicted octanol–water partition coefficient (Wildman–Crippen LogP) is 1.96. The number of rotatable bonds is 5. The van der Waals surface area contributed by atoms with Crippen LogP contribution in [0.25, 0.3) is 0 Å². The SMILES string of the molecule is CCCC(C)C1(C(=O)OCC)COCCC1=O. The zero-order valence-electron chi connectivity index (χ0n) is 11.0. The Hall–Kier alpha value is -0.900. The maximum absolute atomic E-state index is 12.2. The van der Waals surface area contributed by atoms with Gasteiger partial charge in [-0.05, 0) is 19.3 Å². The van der Waals surface area contributed by atoms with Crippen LogP contribution in [0.5, 0.6) is 0 Å². The van der Waals surface area contributed by atoms with Gasteiger partial charge in [-0.1, -0.05) is 20.3 Å². The molecule has 1 heterocycles. The second kappa shape index (κ2) is 6.15. The molecule has 0 saturated carbocycles. The minimum atomic E-state index is -1.07. The molecule has 1 fully saturated rings. The van der Waals surface area contributed by atoms with Crippen molar-refractivity contribution in [2.45, 2.75) is 40.0 Å². The van der Waals surface area contributed by atoms with Crippen molar-refractivity contribution in [3.8, 4) is 0 Å². The summed E-state index contributed by atoms with van der Waals surface area (Å²) in [5.41, 5.74) is -1.07. The third kappa shape index (κ3) is 2.68. The van der Waals surface area contributed by atoms with Gasteiger partial charge in [-0.2, -0.15) is 0 Å². The number of Topliss-reactive ketones (excluding diaryl/α,β-unsaturated/α-hetero) is 1. The summed E-state index contributed by atoms with van der Waals surface area (Å²) >= 11 is 0. The van der Waals surface area contributed by atoms with Gasteiger partial charge in [0.25, 0.3) is 0 Å². The molecule has 0 spiro atoms. The summed E-state index contributed by atoms with van der Waals surface area (Å²) in [7, 11) is 0. The van der Waals surface area contributed by atoms with E-state index < -0.39 is 11.4 Å². The molecule has 1 aliphatic rings. The lowest BCUT2D eigenvalue weighted by Crippen LogP contribution is -2.52. The van der Waals surface area contributed by atoms with Gasteiger partial charge in [0.15, 0.2) is 11.2 Å². The van der Waals surface area contributed by atoms with Crippen molar-refractivity contribution in [1.82, 2.24) is 0 Å².